The first-order chi connectivity index (χ1) is 10.1. The van der Waals surface area contributed by atoms with Crippen LogP contribution >= 0.6 is 0 Å². The lowest BCUT2D eigenvalue weighted by Gasteiger charge is -2.18. The Labute approximate surface area is 127 Å². The number of rotatable bonds is 5. The third kappa shape index (κ3) is 3.06. The zero-order valence-corrected chi connectivity index (χ0v) is 13.5. The Morgan fingerprint density at radius 1 is 1.27 bits per heavy atom. The fourth-order valence-corrected chi connectivity index (χ4v) is 4.03. The molecule has 0 saturated heterocycles. The van der Waals surface area contributed by atoms with Gasteiger partial charge < -0.3 is 5.32 Å². The fourth-order valence-electron chi connectivity index (χ4n) is 2.53. The average molecular weight is 326 g/mol. The Morgan fingerprint density at radius 3 is 2.32 bits per heavy atom. The summed E-state index contributed by atoms with van der Waals surface area (Å²) in [5, 5.41) is 12.1. The minimum Gasteiger partial charge on any atom is -0.369 e. The predicted molar refractivity (Wildman–Crippen MR) is 81.5 cm³/mol. The summed E-state index contributed by atoms with van der Waals surface area (Å²) in [6.45, 7) is 0.301. The highest BCUT2D eigenvalue weighted by Crippen LogP contribution is 2.46. The highest BCUT2D eigenvalue weighted by Gasteiger charge is 2.45. The standard InChI is InChI=1S/C13H18N4O4S/c1-16-10(9(6-14)11(18)17(2)12(16)19)15-7-13(4-5-13)8-22(3,20)21/h15H,4-5,7-8H2,1-3H3. The minimum atomic E-state index is -3.11. The number of nitrogens with zero attached hydrogens (tertiary/aromatic N) is 3. The lowest BCUT2D eigenvalue weighted by atomic mass is 10.1. The quantitative estimate of drug-likeness (QED) is 0.757. The normalized spacial score (nSPS) is 16.1. The number of nitrogens with one attached hydrogen (secondary N) is 1. The van der Waals surface area contributed by atoms with E-state index in [0.717, 1.165) is 17.4 Å². The van der Waals surface area contributed by atoms with Crippen molar-refractivity contribution >= 4 is 15.7 Å². The van der Waals surface area contributed by atoms with E-state index in [1.165, 1.54) is 24.9 Å². The SMILES string of the molecule is Cn1c(NCC2(CS(C)(=O)=O)CC2)c(C#N)c(=O)n(C)c1=O. The molecule has 1 aliphatic rings. The topological polar surface area (TPSA) is 114 Å². The van der Waals surface area contributed by atoms with Gasteiger partial charge in [0, 0.05) is 32.3 Å². The van der Waals surface area contributed by atoms with E-state index < -0.39 is 21.1 Å². The Hall–Kier alpha value is -2.08. The molecule has 0 aromatic carbocycles. The van der Waals surface area contributed by atoms with Crippen molar-refractivity contribution in [3.8, 4) is 6.07 Å². The highest BCUT2D eigenvalue weighted by molar-refractivity contribution is 7.90. The molecule has 1 aromatic heterocycles. The van der Waals surface area contributed by atoms with Gasteiger partial charge in [-0.25, -0.2) is 13.2 Å². The Morgan fingerprint density at radius 2 is 1.86 bits per heavy atom. The van der Waals surface area contributed by atoms with Gasteiger partial charge in [0.15, 0.2) is 5.56 Å². The molecule has 0 amide bonds. The van der Waals surface area contributed by atoms with Crippen molar-refractivity contribution in [2.24, 2.45) is 19.5 Å². The molecule has 1 fully saturated rings. The van der Waals surface area contributed by atoms with Crippen LogP contribution in [0.5, 0.6) is 0 Å². The molecule has 0 bridgehead atoms. The van der Waals surface area contributed by atoms with Gasteiger partial charge in [-0.15, -0.1) is 0 Å². The minimum absolute atomic E-state index is 0.0493. The first kappa shape index (κ1) is 16.3. The second kappa shape index (κ2) is 5.28. The van der Waals surface area contributed by atoms with Gasteiger partial charge in [-0.2, -0.15) is 5.26 Å². The summed E-state index contributed by atoms with van der Waals surface area (Å²) in [5.41, 5.74) is -1.74. The van der Waals surface area contributed by atoms with Crippen LogP contribution in [0.4, 0.5) is 5.82 Å². The van der Waals surface area contributed by atoms with Crippen molar-refractivity contribution in [2.75, 3.05) is 23.9 Å². The molecule has 8 nitrogen and oxygen atoms in total. The molecule has 1 aliphatic carbocycles. The van der Waals surface area contributed by atoms with Crippen molar-refractivity contribution in [3.05, 3.63) is 26.4 Å². The molecular formula is C13H18N4O4S. The molecule has 9 heteroatoms. The molecular weight excluding hydrogens is 308 g/mol. The van der Waals surface area contributed by atoms with Gasteiger partial charge in [0.2, 0.25) is 0 Å². The van der Waals surface area contributed by atoms with Crippen molar-refractivity contribution in [2.45, 2.75) is 12.8 Å². The summed E-state index contributed by atoms with van der Waals surface area (Å²) >= 11 is 0. The van der Waals surface area contributed by atoms with Crippen LogP contribution in [0.2, 0.25) is 0 Å². The van der Waals surface area contributed by atoms with Crippen LogP contribution in [0.1, 0.15) is 18.4 Å². The average Bonchev–Trinajstić information content (AvgIpc) is 3.16. The number of sulfone groups is 1. The molecule has 1 N–H and O–H groups in total. The zero-order valence-electron chi connectivity index (χ0n) is 12.7. The van der Waals surface area contributed by atoms with E-state index in [-0.39, 0.29) is 22.5 Å². The van der Waals surface area contributed by atoms with E-state index >= 15 is 0 Å². The van der Waals surface area contributed by atoms with Crippen molar-refractivity contribution in [3.63, 3.8) is 0 Å². The molecule has 22 heavy (non-hydrogen) atoms. The molecule has 0 unspecified atom stereocenters. The lowest BCUT2D eigenvalue weighted by Crippen LogP contribution is -2.40. The molecule has 0 atom stereocenters. The van der Waals surface area contributed by atoms with Crippen molar-refractivity contribution in [1.82, 2.24) is 9.13 Å². The van der Waals surface area contributed by atoms with E-state index in [1.807, 2.05) is 0 Å². The zero-order chi connectivity index (χ0) is 16.7. The number of hydrogen-bond donors (Lipinski definition) is 1. The lowest BCUT2D eigenvalue weighted by molar-refractivity contribution is 0.558. The molecule has 1 aromatic rings. The number of anilines is 1. The van der Waals surface area contributed by atoms with Gasteiger partial charge in [0.25, 0.3) is 5.56 Å². The Bertz CT molecular complexity index is 869. The van der Waals surface area contributed by atoms with Crippen LogP contribution in [-0.2, 0) is 23.9 Å². The van der Waals surface area contributed by atoms with Crippen LogP contribution in [0.25, 0.3) is 0 Å². The summed E-state index contributed by atoms with van der Waals surface area (Å²) in [6, 6.07) is 1.80. The van der Waals surface area contributed by atoms with Crippen molar-refractivity contribution < 1.29 is 8.42 Å². The third-order valence-corrected chi connectivity index (χ3v) is 5.07. The molecule has 120 valence electrons. The number of hydrogen-bond acceptors (Lipinski definition) is 6. The van der Waals surface area contributed by atoms with Gasteiger partial charge in [0.05, 0.1) is 5.75 Å². The van der Waals surface area contributed by atoms with Gasteiger partial charge in [-0.05, 0) is 12.8 Å². The monoisotopic (exact) mass is 326 g/mol. The molecule has 2 rings (SSSR count). The van der Waals surface area contributed by atoms with Gasteiger partial charge >= 0.3 is 5.69 Å². The first-order valence-corrected chi connectivity index (χ1v) is 8.78. The van der Waals surface area contributed by atoms with Gasteiger partial charge in [-0.3, -0.25) is 13.9 Å². The second-order valence-corrected chi connectivity index (χ2v) is 8.10. The summed E-state index contributed by atoms with van der Waals surface area (Å²) in [4.78, 5) is 23.9. The second-order valence-electron chi connectivity index (χ2n) is 5.96. The van der Waals surface area contributed by atoms with Gasteiger partial charge in [0.1, 0.15) is 21.7 Å². The van der Waals surface area contributed by atoms with E-state index in [0.29, 0.717) is 6.54 Å². The molecule has 1 heterocycles. The highest BCUT2D eigenvalue weighted by atomic mass is 32.2. The predicted octanol–water partition coefficient (Wildman–Crippen LogP) is -0.808. The van der Waals surface area contributed by atoms with Crippen LogP contribution in [0.15, 0.2) is 9.59 Å². The van der Waals surface area contributed by atoms with E-state index in [2.05, 4.69) is 5.32 Å². The maximum absolute atomic E-state index is 12.0. The van der Waals surface area contributed by atoms with E-state index in [4.69, 9.17) is 5.26 Å². The van der Waals surface area contributed by atoms with Crippen LogP contribution in [0, 0.1) is 16.7 Å². The summed E-state index contributed by atoms with van der Waals surface area (Å²) in [7, 11) is -0.346. The Balaban J connectivity index is 2.34. The van der Waals surface area contributed by atoms with Crippen LogP contribution in [-0.4, -0.2) is 36.1 Å². The van der Waals surface area contributed by atoms with E-state index in [9.17, 15) is 18.0 Å². The third-order valence-electron chi connectivity index (χ3n) is 3.93. The number of aromatic nitrogens is 2. The largest absolute Gasteiger partial charge is 0.369 e. The number of nitriles is 1. The molecule has 0 radical (unpaired) electrons. The first-order valence-electron chi connectivity index (χ1n) is 6.72. The maximum atomic E-state index is 12.0. The molecule has 0 aliphatic heterocycles. The Kier molecular flexibility index (Phi) is 3.91. The molecule has 0 spiro atoms. The van der Waals surface area contributed by atoms with E-state index in [1.54, 1.807) is 6.07 Å². The maximum Gasteiger partial charge on any atom is 0.332 e. The molecule has 1 saturated carbocycles. The van der Waals surface area contributed by atoms with Crippen LogP contribution < -0.4 is 16.6 Å². The summed E-state index contributed by atoms with van der Waals surface area (Å²) in [5.74, 6) is 0.184. The fraction of sp³-hybridized carbons (Fsp3) is 0.615. The smallest absolute Gasteiger partial charge is 0.332 e. The van der Waals surface area contributed by atoms with Crippen molar-refractivity contribution in [1.29, 1.82) is 5.26 Å². The van der Waals surface area contributed by atoms with Crippen LogP contribution in [0.3, 0.4) is 0 Å². The summed E-state index contributed by atoms with van der Waals surface area (Å²) < 4.78 is 25.0. The van der Waals surface area contributed by atoms with Gasteiger partial charge in [-0.1, -0.05) is 0 Å². The summed E-state index contributed by atoms with van der Waals surface area (Å²) in [6.07, 6.45) is 2.70.